The van der Waals surface area contributed by atoms with Gasteiger partial charge in [0.05, 0.1) is 18.8 Å². The molecule has 0 radical (unpaired) electrons. The molecule has 0 spiro atoms. The van der Waals surface area contributed by atoms with Crippen LogP contribution in [0.15, 0.2) is 59.6 Å². The zero-order valence-electron chi connectivity index (χ0n) is 18.3. The van der Waals surface area contributed by atoms with E-state index in [0.717, 1.165) is 45.3 Å². The molecule has 0 amide bonds. The molecule has 6 nitrogen and oxygen atoms in total. The van der Waals surface area contributed by atoms with Gasteiger partial charge in [-0.3, -0.25) is 9.89 Å². The van der Waals surface area contributed by atoms with E-state index in [9.17, 15) is 0 Å². The second-order valence-corrected chi connectivity index (χ2v) is 8.30. The largest absolute Gasteiger partial charge is 0.378 e. The van der Waals surface area contributed by atoms with E-state index in [4.69, 9.17) is 4.74 Å². The third kappa shape index (κ3) is 4.77. The van der Waals surface area contributed by atoms with Crippen LogP contribution < -0.4 is 10.2 Å². The summed E-state index contributed by atoms with van der Waals surface area (Å²) in [5.74, 6) is 0.948. The normalized spacial score (nSPS) is 22.1. The number of guanidine groups is 1. The smallest absolute Gasteiger partial charge is 0.194 e. The summed E-state index contributed by atoms with van der Waals surface area (Å²) in [6, 6.07) is 19.8. The van der Waals surface area contributed by atoms with Gasteiger partial charge in [-0.1, -0.05) is 42.5 Å². The number of ether oxygens (including phenoxy) is 1. The van der Waals surface area contributed by atoms with Gasteiger partial charge in [-0.05, 0) is 23.3 Å². The number of nitrogens with zero attached hydrogens (tertiary/aromatic N) is 4. The van der Waals surface area contributed by atoms with Gasteiger partial charge in [0.2, 0.25) is 0 Å². The Labute approximate surface area is 180 Å². The molecule has 2 aliphatic heterocycles. The molecule has 0 bridgehead atoms. The van der Waals surface area contributed by atoms with Crippen LogP contribution in [0.3, 0.4) is 0 Å². The van der Waals surface area contributed by atoms with Crippen molar-refractivity contribution in [3.8, 4) is 0 Å². The highest BCUT2D eigenvalue weighted by Crippen LogP contribution is 2.24. The maximum atomic E-state index is 6.12. The Morgan fingerprint density at radius 2 is 1.83 bits per heavy atom. The van der Waals surface area contributed by atoms with Gasteiger partial charge < -0.3 is 19.9 Å². The van der Waals surface area contributed by atoms with Crippen LogP contribution in [0.5, 0.6) is 0 Å². The SMILES string of the molecule is CN=C(NCc1ccc(N(C)C)cc1)N1CC2OCCN(Cc3ccccc3)C2C1. The first-order chi connectivity index (χ1) is 14.6. The number of anilines is 1. The number of fused-ring (bicyclic) bond motifs is 1. The van der Waals surface area contributed by atoms with Crippen LogP contribution in [0.1, 0.15) is 11.1 Å². The summed E-state index contributed by atoms with van der Waals surface area (Å²) in [5.41, 5.74) is 3.82. The number of benzene rings is 2. The Morgan fingerprint density at radius 3 is 2.53 bits per heavy atom. The van der Waals surface area contributed by atoms with Crippen LogP contribution >= 0.6 is 0 Å². The third-order valence-electron chi connectivity index (χ3n) is 6.06. The average molecular weight is 408 g/mol. The van der Waals surface area contributed by atoms with E-state index in [1.54, 1.807) is 0 Å². The van der Waals surface area contributed by atoms with Crippen molar-refractivity contribution in [1.29, 1.82) is 0 Å². The Kier molecular flexibility index (Phi) is 6.55. The average Bonchev–Trinajstić information content (AvgIpc) is 3.20. The highest BCUT2D eigenvalue weighted by molar-refractivity contribution is 5.80. The third-order valence-corrected chi connectivity index (χ3v) is 6.06. The van der Waals surface area contributed by atoms with Crippen LogP contribution in [0.2, 0.25) is 0 Å². The fraction of sp³-hybridized carbons (Fsp3) is 0.458. The molecule has 0 saturated carbocycles. The van der Waals surface area contributed by atoms with E-state index in [1.165, 1.54) is 16.8 Å². The van der Waals surface area contributed by atoms with Crippen molar-refractivity contribution in [3.05, 3.63) is 65.7 Å². The van der Waals surface area contributed by atoms with Gasteiger partial charge in [0.25, 0.3) is 0 Å². The lowest BCUT2D eigenvalue weighted by Gasteiger charge is -2.36. The highest BCUT2D eigenvalue weighted by atomic mass is 16.5. The summed E-state index contributed by atoms with van der Waals surface area (Å²) < 4.78 is 6.12. The summed E-state index contributed by atoms with van der Waals surface area (Å²) in [6.07, 6.45) is 0.236. The van der Waals surface area contributed by atoms with Gasteiger partial charge >= 0.3 is 0 Å². The topological polar surface area (TPSA) is 43.3 Å². The second kappa shape index (κ2) is 9.49. The molecule has 2 aliphatic rings. The minimum absolute atomic E-state index is 0.236. The first-order valence-corrected chi connectivity index (χ1v) is 10.8. The summed E-state index contributed by atoms with van der Waals surface area (Å²) in [7, 11) is 5.98. The van der Waals surface area contributed by atoms with Gasteiger partial charge in [0, 0.05) is 59.6 Å². The number of hydrogen-bond acceptors (Lipinski definition) is 4. The monoisotopic (exact) mass is 407 g/mol. The lowest BCUT2D eigenvalue weighted by atomic mass is 10.1. The van der Waals surface area contributed by atoms with E-state index in [1.807, 2.05) is 7.05 Å². The molecular weight excluding hydrogens is 374 g/mol. The molecule has 2 fully saturated rings. The van der Waals surface area contributed by atoms with Gasteiger partial charge in [0.1, 0.15) is 0 Å². The van der Waals surface area contributed by atoms with Crippen molar-refractivity contribution < 1.29 is 4.74 Å². The van der Waals surface area contributed by atoms with E-state index < -0.39 is 0 Å². The van der Waals surface area contributed by atoms with Gasteiger partial charge in [-0.15, -0.1) is 0 Å². The second-order valence-electron chi connectivity index (χ2n) is 8.30. The summed E-state index contributed by atoms with van der Waals surface area (Å²) in [4.78, 5) is 11.6. The standard InChI is InChI=1S/C24H33N5O/c1-25-24(26-15-19-9-11-21(12-10-19)27(2)3)29-17-22-23(18-29)30-14-13-28(22)16-20-7-5-4-6-8-20/h4-12,22-23H,13-18H2,1-3H3,(H,25,26). The molecule has 2 aromatic carbocycles. The van der Waals surface area contributed by atoms with Gasteiger partial charge in [0.15, 0.2) is 5.96 Å². The first kappa shape index (κ1) is 20.7. The molecule has 2 heterocycles. The number of rotatable bonds is 5. The molecule has 2 aromatic rings. The maximum absolute atomic E-state index is 6.12. The van der Waals surface area contributed by atoms with Crippen molar-refractivity contribution >= 4 is 11.6 Å². The fourth-order valence-corrected chi connectivity index (χ4v) is 4.37. The number of nitrogens with one attached hydrogen (secondary N) is 1. The Balaban J connectivity index is 1.36. The highest BCUT2D eigenvalue weighted by Gasteiger charge is 2.41. The predicted octanol–water partition coefficient (Wildman–Crippen LogP) is 2.41. The van der Waals surface area contributed by atoms with Crippen LogP contribution in [0, 0.1) is 0 Å². The lowest BCUT2D eigenvalue weighted by molar-refractivity contribution is -0.0502. The zero-order chi connectivity index (χ0) is 20.9. The summed E-state index contributed by atoms with van der Waals surface area (Å²) in [5, 5.41) is 3.54. The van der Waals surface area contributed by atoms with Crippen molar-refractivity contribution in [1.82, 2.24) is 15.1 Å². The number of aliphatic imine (C=N–C) groups is 1. The lowest BCUT2D eigenvalue weighted by Crippen LogP contribution is -2.50. The van der Waals surface area contributed by atoms with Crippen molar-refractivity contribution in [3.63, 3.8) is 0 Å². The van der Waals surface area contributed by atoms with Crippen LogP contribution in [-0.2, 0) is 17.8 Å². The minimum Gasteiger partial charge on any atom is -0.378 e. The molecule has 2 atom stereocenters. The molecule has 6 heteroatoms. The van der Waals surface area contributed by atoms with Gasteiger partial charge in [-0.2, -0.15) is 0 Å². The van der Waals surface area contributed by atoms with E-state index in [-0.39, 0.29) is 6.10 Å². The molecule has 0 aromatic heterocycles. The van der Waals surface area contributed by atoms with Crippen LogP contribution in [0.4, 0.5) is 5.69 Å². The summed E-state index contributed by atoms with van der Waals surface area (Å²) in [6.45, 7) is 5.34. The number of morpholine rings is 1. The molecule has 160 valence electrons. The van der Waals surface area contributed by atoms with Crippen molar-refractivity contribution in [2.24, 2.45) is 4.99 Å². The molecule has 1 N–H and O–H groups in total. The molecule has 4 rings (SSSR count). The quantitative estimate of drug-likeness (QED) is 0.609. The van der Waals surface area contributed by atoms with Gasteiger partial charge in [-0.25, -0.2) is 0 Å². The van der Waals surface area contributed by atoms with Crippen LogP contribution in [0.25, 0.3) is 0 Å². The van der Waals surface area contributed by atoms with Crippen molar-refractivity contribution in [2.75, 3.05) is 52.3 Å². The molecule has 2 unspecified atom stereocenters. The molecule has 30 heavy (non-hydrogen) atoms. The molecule has 2 saturated heterocycles. The van der Waals surface area contributed by atoms with E-state index in [2.05, 4.69) is 93.7 Å². The van der Waals surface area contributed by atoms with Crippen LogP contribution in [-0.4, -0.2) is 75.3 Å². The zero-order valence-corrected chi connectivity index (χ0v) is 18.3. The Morgan fingerprint density at radius 1 is 1.07 bits per heavy atom. The summed E-state index contributed by atoms with van der Waals surface area (Å²) >= 11 is 0. The number of hydrogen-bond donors (Lipinski definition) is 1. The van der Waals surface area contributed by atoms with E-state index in [0.29, 0.717) is 6.04 Å². The maximum Gasteiger partial charge on any atom is 0.194 e. The predicted molar refractivity (Wildman–Crippen MR) is 123 cm³/mol. The number of likely N-dealkylation sites (tertiary alicyclic amines) is 1. The van der Waals surface area contributed by atoms with Crippen molar-refractivity contribution in [2.45, 2.75) is 25.2 Å². The first-order valence-electron chi connectivity index (χ1n) is 10.8. The Hall–Kier alpha value is -2.57. The fourth-order valence-electron chi connectivity index (χ4n) is 4.37. The minimum atomic E-state index is 0.236. The molecule has 0 aliphatic carbocycles. The van der Waals surface area contributed by atoms with E-state index >= 15 is 0 Å². The Bertz CT molecular complexity index is 836. The molecular formula is C24H33N5O.